The topological polar surface area (TPSA) is 20.3 Å². The van der Waals surface area contributed by atoms with Gasteiger partial charge >= 0.3 is 0 Å². The number of hydrogen-bond donors (Lipinski definition) is 0. The molecule has 98 valence electrons. The van der Waals surface area contributed by atoms with Gasteiger partial charge in [0.15, 0.2) is 5.78 Å². The van der Waals surface area contributed by atoms with E-state index < -0.39 is 0 Å². The van der Waals surface area contributed by atoms with Crippen LogP contribution in [0.15, 0.2) is 24.3 Å². The number of rotatable bonds is 5. The normalized spacial score (nSPS) is 16.4. The lowest BCUT2D eigenvalue weighted by molar-refractivity contribution is 0.0938. The van der Waals surface area contributed by atoms with Crippen molar-refractivity contribution in [2.24, 2.45) is 5.92 Å². The number of likely N-dealkylation sites (N-methyl/N-ethyl adjacent to an activating group) is 1. The second-order valence-corrected chi connectivity index (χ2v) is 5.66. The van der Waals surface area contributed by atoms with Gasteiger partial charge in [-0.3, -0.25) is 9.69 Å². The summed E-state index contributed by atoms with van der Waals surface area (Å²) in [7, 11) is 2.02. The number of nitrogens with zero attached hydrogens (tertiary/aromatic N) is 1. The van der Waals surface area contributed by atoms with E-state index in [0.29, 0.717) is 17.1 Å². The number of halogens is 1. The van der Waals surface area contributed by atoms with E-state index in [9.17, 15) is 4.79 Å². The average Bonchev–Trinajstić information content (AvgIpc) is 2.82. The Bertz CT molecular complexity index is 413. The maximum Gasteiger partial charge on any atom is 0.178 e. The summed E-state index contributed by atoms with van der Waals surface area (Å²) in [5.74, 6) is 0.884. The van der Waals surface area contributed by atoms with Gasteiger partial charge < -0.3 is 0 Å². The predicted octanol–water partition coefficient (Wildman–Crippen LogP) is 3.64. The minimum atomic E-state index is 0.112. The van der Waals surface area contributed by atoms with Gasteiger partial charge in [-0.15, -0.1) is 0 Å². The average molecular weight is 266 g/mol. The molecule has 1 aromatic carbocycles. The van der Waals surface area contributed by atoms with Crippen LogP contribution in [0.2, 0.25) is 5.02 Å². The molecule has 1 saturated carbocycles. The van der Waals surface area contributed by atoms with Gasteiger partial charge in [-0.1, -0.05) is 36.6 Å². The summed E-state index contributed by atoms with van der Waals surface area (Å²) in [6.45, 7) is 1.48. The van der Waals surface area contributed by atoms with Crippen molar-refractivity contribution in [3.63, 3.8) is 0 Å². The third kappa shape index (κ3) is 3.56. The first-order valence-electron chi connectivity index (χ1n) is 6.63. The molecule has 2 rings (SSSR count). The fraction of sp³-hybridized carbons (Fsp3) is 0.533. The Kier molecular flexibility index (Phi) is 4.79. The molecule has 1 aliphatic carbocycles. The molecule has 1 fully saturated rings. The van der Waals surface area contributed by atoms with E-state index in [1.54, 1.807) is 12.1 Å². The first kappa shape index (κ1) is 13.6. The SMILES string of the molecule is CN(CC(=O)c1ccccc1Cl)CC1CCCC1. The lowest BCUT2D eigenvalue weighted by Gasteiger charge is -2.20. The Labute approximate surface area is 114 Å². The highest BCUT2D eigenvalue weighted by Crippen LogP contribution is 2.25. The minimum absolute atomic E-state index is 0.112. The van der Waals surface area contributed by atoms with Gasteiger partial charge in [0.05, 0.1) is 11.6 Å². The molecule has 0 saturated heterocycles. The van der Waals surface area contributed by atoms with Crippen LogP contribution >= 0.6 is 11.6 Å². The van der Waals surface area contributed by atoms with Crippen LogP contribution in [0.5, 0.6) is 0 Å². The maximum absolute atomic E-state index is 12.1. The van der Waals surface area contributed by atoms with Gasteiger partial charge in [0, 0.05) is 12.1 Å². The molecule has 0 bridgehead atoms. The van der Waals surface area contributed by atoms with Crippen molar-refractivity contribution >= 4 is 17.4 Å². The summed E-state index contributed by atoms with van der Waals surface area (Å²) in [6.07, 6.45) is 5.31. The van der Waals surface area contributed by atoms with Gasteiger partial charge in [0.25, 0.3) is 0 Å². The molecule has 1 aliphatic rings. The summed E-state index contributed by atoms with van der Waals surface area (Å²) in [5, 5.41) is 0.553. The molecule has 0 N–H and O–H groups in total. The summed E-state index contributed by atoms with van der Waals surface area (Å²) < 4.78 is 0. The van der Waals surface area contributed by atoms with Crippen LogP contribution in [0.4, 0.5) is 0 Å². The number of benzene rings is 1. The molecule has 3 heteroatoms. The van der Waals surface area contributed by atoms with Crippen LogP contribution in [-0.2, 0) is 0 Å². The lowest BCUT2D eigenvalue weighted by atomic mass is 10.1. The number of carbonyl (C=O) groups is 1. The zero-order chi connectivity index (χ0) is 13.0. The van der Waals surface area contributed by atoms with E-state index in [2.05, 4.69) is 4.90 Å². The van der Waals surface area contributed by atoms with Gasteiger partial charge in [0.1, 0.15) is 0 Å². The smallest absolute Gasteiger partial charge is 0.178 e. The van der Waals surface area contributed by atoms with E-state index in [1.165, 1.54) is 25.7 Å². The van der Waals surface area contributed by atoms with Gasteiger partial charge in [0.2, 0.25) is 0 Å². The molecular formula is C15H20ClNO. The lowest BCUT2D eigenvalue weighted by Crippen LogP contribution is -2.30. The Balaban J connectivity index is 1.88. The summed E-state index contributed by atoms with van der Waals surface area (Å²) in [5.41, 5.74) is 0.637. The van der Waals surface area contributed by atoms with Gasteiger partial charge in [-0.05, 0) is 37.9 Å². The van der Waals surface area contributed by atoms with Crippen molar-refractivity contribution in [3.05, 3.63) is 34.9 Å². The standard InChI is InChI=1S/C15H20ClNO/c1-17(10-12-6-2-3-7-12)11-15(18)13-8-4-5-9-14(13)16/h4-5,8-9,12H,2-3,6-7,10-11H2,1H3. The van der Waals surface area contributed by atoms with Crippen LogP contribution < -0.4 is 0 Å². The van der Waals surface area contributed by atoms with Crippen molar-refractivity contribution in [1.29, 1.82) is 0 Å². The third-order valence-electron chi connectivity index (χ3n) is 3.63. The quantitative estimate of drug-likeness (QED) is 0.758. The Hall–Kier alpha value is -0.860. The third-order valence-corrected chi connectivity index (χ3v) is 3.96. The van der Waals surface area contributed by atoms with Crippen LogP contribution in [0, 0.1) is 5.92 Å². The Morgan fingerprint density at radius 2 is 2.00 bits per heavy atom. The van der Waals surface area contributed by atoms with Crippen molar-refractivity contribution in [2.45, 2.75) is 25.7 Å². The fourth-order valence-electron chi connectivity index (χ4n) is 2.72. The van der Waals surface area contributed by atoms with E-state index in [1.807, 2.05) is 19.2 Å². The first-order valence-corrected chi connectivity index (χ1v) is 7.01. The molecular weight excluding hydrogens is 246 g/mol. The molecule has 0 radical (unpaired) electrons. The molecule has 18 heavy (non-hydrogen) atoms. The zero-order valence-electron chi connectivity index (χ0n) is 10.9. The highest BCUT2D eigenvalue weighted by molar-refractivity contribution is 6.34. The van der Waals surface area contributed by atoms with Crippen molar-refractivity contribution < 1.29 is 4.79 Å². The zero-order valence-corrected chi connectivity index (χ0v) is 11.6. The number of Topliss-reactive ketones (excluding diaryl/α,β-unsaturated/α-hetero) is 1. The van der Waals surface area contributed by atoms with Crippen LogP contribution in [0.1, 0.15) is 36.0 Å². The molecule has 0 aliphatic heterocycles. The summed E-state index contributed by atoms with van der Waals surface area (Å²) in [4.78, 5) is 14.3. The molecule has 0 aromatic heterocycles. The molecule has 0 atom stereocenters. The van der Waals surface area contributed by atoms with Crippen molar-refractivity contribution in [2.75, 3.05) is 20.1 Å². The first-order chi connectivity index (χ1) is 8.66. The molecule has 0 unspecified atom stereocenters. The van der Waals surface area contributed by atoms with Crippen LogP contribution in [-0.4, -0.2) is 30.8 Å². The summed E-state index contributed by atoms with van der Waals surface area (Å²) in [6, 6.07) is 7.28. The minimum Gasteiger partial charge on any atom is -0.299 e. The fourth-order valence-corrected chi connectivity index (χ4v) is 2.96. The van der Waals surface area contributed by atoms with Gasteiger partial charge in [-0.2, -0.15) is 0 Å². The molecule has 0 spiro atoms. The molecule has 1 aromatic rings. The number of hydrogen-bond acceptors (Lipinski definition) is 2. The monoisotopic (exact) mass is 265 g/mol. The maximum atomic E-state index is 12.1. The molecule has 2 nitrogen and oxygen atoms in total. The highest BCUT2D eigenvalue weighted by atomic mass is 35.5. The summed E-state index contributed by atoms with van der Waals surface area (Å²) >= 11 is 6.03. The number of carbonyl (C=O) groups excluding carboxylic acids is 1. The van der Waals surface area contributed by atoms with Crippen LogP contribution in [0.3, 0.4) is 0 Å². The number of ketones is 1. The largest absolute Gasteiger partial charge is 0.299 e. The van der Waals surface area contributed by atoms with E-state index >= 15 is 0 Å². The highest BCUT2D eigenvalue weighted by Gasteiger charge is 2.19. The van der Waals surface area contributed by atoms with Crippen LogP contribution in [0.25, 0.3) is 0 Å². The van der Waals surface area contributed by atoms with Gasteiger partial charge in [-0.25, -0.2) is 0 Å². The van der Waals surface area contributed by atoms with E-state index in [0.717, 1.165) is 12.5 Å². The Morgan fingerprint density at radius 3 is 2.67 bits per heavy atom. The van der Waals surface area contributed by atoms with Crippen molar-refractivity contribution in [1.82, 2.24) is 4.90 Å². The molecule has 0 heterocycles. The molecule has 0 amide bonds. The Morgan fingerprint density at radius 1 is 1.33 bits per heavy atom. The van der Waals surface area contributed by atoms with Crippen molar-refractivity contribution in [3.8, 4) is 0 Å². The predicted molar refractivity (Wildman–Crippen MR) is 75.2 cm³/mol. The van der Waals surface area contributed by atoms with E-state index in [-0.39, 0.29) is 5.78 Å². The second-order valence-electron chi connectivity index (χ2n) is 5.25. The second kappa shape index (κ2) is 6.35. The van der Waals surface area contributed by atoms with E-state index in [4.69, 9.17) is 11.6 Å².